The Hall–Kier alpha value is -9.56. The monoisotopic (exact) mass is 1440 g/mol. The summed E-state index contributed by atoms with van der Waals surface area (Å²) in [5.74, 6) is -4.32. The number of benzene rings is 5. The Morgan fingerprint density at radius 3 is 1.50 bits per heavy atom. The van der Waals surface area contributed by atoms with E-state index in [4.69, 9.17) is 10.5 Å². The van der Waals surface area contributed by atoms with Gasteiger partial charge in [-0.2, -0.15) is 26.3 Å². The number of carbonyl (C=O) groups is 6. The minimum atomic E-state index is -1.28. The molecule has 0 aromatic heterocycles. The maximum Gasteiger partial charge on any atom is 0.316 e. The van der Waals surface area contributed by atoms with Crippen molar-refractivity contribution in [3.63, 3.8) is 0 Å². The van der Waals surface area contributed by atoms with Crippen molar-refractivity contribution in [2.75, 3.05) is 34.9 Å². The van der Waals surface area contributed by atoms with E-state index in [1.54, 1.807) is 67.7 Å². The van der Waals surface area contributed by atoms with E-state index in [0.717, 1.165) is 25.7 Å². The third-order valence-electron chi connectivity index (χ3n) is 16.7. The van der Waals surface area contributed by atoms with Crippen LogP contribution in [0.1, 0.15) is 131 Å². The molecule has 2 unspecified atom stereocenters. The first-order valence-corrected chi connectivity index (χ1v) is 30.2. The summed E-state index contributed by atoms with van der Waals surface area (Å²) in [6.07, 6.45) is 6.96. The second kappa shape index (κ2) is 45.0. The molecule has 0 bridgehead atoms. The maximum atomic E-state index is 14.4. The van der Waals surface area contributed by atoms with Gasteiger partial charge in [-0.1, -0.05) is 91.0 Å². The van der Waals surface area contributed by atoms with Gasteiger partial charge < -0.3 is 38.8 Å². The molecule has 3 aliphatic carbocycles. The summed E-state index contributed by atoms with van der Waals surface area (Å²) in [4.78, 5) is 72.8. The minimum absolute atomic E-state index is 0. The summed E-state index contributed by atoms with van der Waals surface area (Å²) >= 11 is 0. The molecule has 5 aromatic carbocycles. The number of ether oxygens (including phenoxy) is 3. The summed E-state index contributed by atoms with van der Waals surface area (Å²) in [6, 6.07) is 39.7. The van der Waals surface area contributed by atoms with Gasteiger partial charge in [-0.25, -0.2) is 22.0 Å². The standard InChI is InChI=1S/C18H24FN5O.C16H18FNO4.C15H14FNO3.C13H12FNO.C8H6FN.C2H3.CH3.2Co/c1-13(25)22-11-18(15-5-3-4-6-16(15)19)9-7-14(8-10-18)24-17(21-2)23-12-20;1-21-14(19)7-9-16(11-18,10-8-15(20)22-2)12-5-3-4-6-13(12)17;1-20-14(19)10-8-15(9-17,7-6-13(10)18)11-4-2-3-5-12(11)16;14-12-4-2-1-3-11(12)13(9-15)7-5-10(16)6-8-13;9-8-4-2-1-3-7(8)5-6-10;1-2;;;/h3-6,14H,7-11H2,1-2H3,(H,22,25)(H2,21,23,24);3-6H,7-10H2,1-2H3;2-5,10H,6-8H2,1H3;1-4H,5-8H2;1-4H,5H2;1H,2H2;1H3;;/q;;;;;2*-1;;. The zero-order valence-corrected chi connectivity index (χ0v) is 57.5. The van der Waals surface area contributed by atoms with Gasteiger partial charge in [0.25, 0.3) is 0 Å². The number of esters is 3. The predicted octanol–water partition coefficient (Wildman–Crippen LogP) is 12.1. The van der Waals surface area contributed by atoms with Crippen molar-refractivity contribution in [2.24, 2.45) is 10.9 Å². The van der Waals surface area contributed by atoms with E-state index in [1.807, 2.05) is 18.3 Å². The molecule has 3 N–H and O–H groups in total. The van der Waals surface area contributed by atoms with Crippen LogP contribution >= 0.6 is 0 Å². The van der Waals surface area contributed by atoms with E-state index >= 15 is 0 Å². The Kier molecular flexibility index (Phi) is 40.6. The van der Waals surface area contributed by atoms with E-state index in [2.05, 4.69) is 66.5 Å². The maximum absolute atomic E-state index is 14.4. The summed E-state index contributed by atoms with van der Waals surface area (Å²) < 4.78 is 82.5. The molecule has 526 valence electrons. The molecule has 98 heavy (non-hydrogen) atoms. The Morgan fingerprint density at radius 2 is 1.08 bits per heavy atom. The fraction of sp³-hybridized carbons (Fsp3) is 0.384. The van der Waals surface area contributed by atoms with Crippen LogP contribution in [0.25, 0.3) is 0 Å². The SMILES string of the molecule is CN=C(NC#N)NC1CCC(CNC(C)=O)(c2ccccc2F)CC1.COC(=O)C1CC(C#N)(c2ccccc2F)CCC1=O.COC(=O)CCC(C#N)(CCC(=O)OC)c1ccccc1F.N#CC1(c2ccccc2F)CCC(=O)CC1.N#CCc1ccccc1F.[CH-]=C.[CH3-].[Co].[Co]. The normalized spacial score (nSPS) is 17.7. The fourth-order valence-electron chi connectivity index (χ4n) is 11.4. The van der Waals surface area contributed by atoms with Crippen LogP contribution in [0, 0.1) is 106 Å². The number of nitrogens with one attached hydrogen (secondary N) is 3. The number of amides is 1. The first kappa shape index (κ1) is 88.4. The van der Waals surface area contributed by atoms with Crippen LogP contribution in [0.5, 0.6) is 0 Å². The molecule has 0 saturated heterocycles. The molecule has 0 heterocycles. The number of hydrogen-bond acceptors (Lipinski definition) is 15. The largest absolute Gasteiger partial charge is 0.521 e. The first-order valence-electron chi connectivity index (χ1n) is 30.2. The molecule has 1 amide bonds. The molecule has 18 nitrogen and oxygen atoms in total. The second-order valence-corrected chi connectivity index (χ2v) is 22.3. The van der Waals surface area contributed by atoms with E-state index in [9.17, 15) is 66.5 Å². The van der Waals surface area contributed by atoms with Crippen molar-refractivity contribution < 1.29 is 98.5 Å². The Bertz CT molecular complexity index is 3650. The van der Waals surface area contributed by atoms with Crippen molar-refractivity contribution in [1.82, 2.24) is 16.0 Å². The molecular formula is C73H80Co2F5N9O9-2. The van der Waals surface area contributed by atoms with Gasteiger partial charge in [0.1, 0.15) is 46.6 Å². The number of Topliss-reactive ketones (excluding diaryl/α,β-unsaturated/α-hetero) is 2. The number of halogens is 5. The molecule has 0 aliphatic heterocycles. The summed E-state index contributed by atoms with van der Waals surface area (Å²) in [5.41, 5.74) is -1.70. The van der Waals surface area contributed by atoms with E-state index in [0.29, 0.717) is 54.9 Å². The van der Waals surface area contributed by atoms with E-state index in [1.165, 1.54) is 82.9 Å². The zero-order chi connectivity index (χ0) is 70.6. The van der Waals surface area contributed by atoms with E-state index in [-0.39, 0.29) is 144 Å². The molecule has 8 rings (SSSR count). The number of rotatable bonds is 15. The van der Waals surface area contributed by atoms with Crippen LogP contribution in [0.3, 0.4) is 0 Å². The van der Waals surface area contributed by atoms with Crippen LogP contribution in [0.15, 0.2) is 133 Å². The molecule has 3 fully saturated rings. The van der Waals surface area contributed by atoms with Crippen LogP contribution in [-0.4, -0.2) is 82.3 Å². The van der Waals surface area contributed by atoms with Crippen LogP contribution in [0.4, 0.5) is 22.0 Å². The second-order valence-electron chi connectivity index (χ2n) is 22.3. The fourth-order valence-corrected chi connectivity index (χ4v) is 11.4. The molecule has 5 aromatic rings. The molecular weight excluding hydrogens is 1360 g/mol. The average molecular weight is 1440 g/mol. The summed E-state index contributed by atoms with van der Waals surface area (Å²) in [7, 11) is 5.29. The first-order chi connectivity index (χ1) is 45.5. The summed E-state index contributed by atoms with van der Waals surface area (Å²) in [6.45, 7) is 8.89. The molecule has 25 heteroatoms. The number of methoxy groups -OCH3 is 3. The third kappa shape index (κ3) is 25.5. The smallest absolute Gasteiger partial charge is 0.316 e. The number of hydrogen-bond donors (Lipinski definition) is 3. The Balaban J connectivity index is 0.00000121. The third-order valence-corrected chi connectivity index (χ3v) is 16.7. The minimum Gasteiger partial charge on any atom is -0.521 e. The number of ketones is 2. The van der Waals surface area contributed by atoms with Crippen molar-refractivity contribution in [1.29, 1.82) is 26.3 Å². The van der Waals surface area contributed by atoms with Crippen LogP contribution < -0.4 is 16.0 Å². The van der Waals surface area contributed by atoms with Gasteiger partial charge in [-0.05, 0) is 100 Å². The summed E-state index contributed by atoms with van der Waals surface area (Å²) in [5, 5.41) is 53.9. The van der Waals surface area contributed by atoms with E-state index < -0.39 is 57.1 Å². The van der Waals surface area contributed by atoms with Crippen LogP contribution in [0.2, 0.25) is 0 Å². The van der Waals surface area contributed by atoms with Gasteiger partial charge in [0, 0.05) is 120 Å². The molecule has 2 atom stereocenters. The predicted molar refractivity (Wildman–Crippen MR) is 348 cm³/mol. The average Bonchev–Trinajstić information content (AvgIpc) is 0.795. The van der Waals surface area contributed by atoms with Gasteiger partial charge in [-0.15, -0.1) is 0 Å². The number of nitriles is 5. The Labute approximate surface area is 591 Å². The molecule has 2 radical (unpaired) electrons. The van der Waals surface area contributed by atoms with Gasteiger partial charge in [0.05, 0.1) is 68.3 Å². The zero-order valence-electron chi connectivity index (χ0n) is 55.4. The number of aliphatic imine (C=N–C) groups is 1. The number of guanidine groups is 1. The van der Waals surface area contributed by atoms with Crippen molar-refractivity contribution in [2.45, 2.75) is 137 Å². The van der Waals surface area contributed by atoms with Crippen molar-refractivity contribution >= 4 is 41.3 Å². The van der Waals surface area contributed by atoms with Gasteiger partial charge in [-0.3, -0.25) is 45.7 Å². The van der Waals surface area contributed by atoms with Crippen molar-refractivity contribution in [3.05, 3.63) is 199 Å². The number of carbonyl (C=O) groups excluding carboxylic acids is 6. The van der Waals surface area contributed by atoms with Gasteiger partial charge in [0.15, 0.2) is 6.19 Å². The quantitative estimate of drug-likeness (QED) is 0.0101. The molecule has 3 saturated carbocycles. The van der Waals surface area contributed by atoms with Crippen molar-refractivity contribution in [3.8, 4) is 30.5 Å². The van der Waals surface area contributed by atoms with Crippen LogP contribution in [-0.2, 0) is 105 Å². The van der Waals surface area contributed by atoms with Gasteiger partial charge in [0.2, 0.25) is 11.9 Å². The van der Waals surface area contributed by atoms with Gasteiger partial charge >= 0.3 is 17.9 Å². The topological polar surface area (TPSA) is 298 Å². The molecule has 3 aliphatic rings. The Morgan fingerprint density at radius 1 is 0.633 bits per heavy atom. The number of nitrogens with zero attached hydrogens (tertiary/aromatic N) is 6. The molecule has 0 spiro atoms.